The van der Waals surface area contributed by atoms with Crippen LogP contribution in [0.5, 0.6) is 0 Å². The first-order valence-electron chi connectivity index (χ1n) is 9.74. The van der Waals surface area contributed by atoms with Gasteiger partial charge in [-0.2, -0.15) is 15.0 Å². The Hall–Kier alpha value is -1.68. The Morgan fingerprint density at radius 3 is 2.38 bits per heavy atom. The molecule has 9 nitrogen and oxygen atoms in total. The summed E-state index contributed by atoms with van der Waals surface area (Å²) in [6, 6.07) is 0.0109. The Bertz CT molecular complexity index is 896. The van der Waals surface area contributed by atoms with Gasteiger partial charge in [-0.05, 0) is 56.8 Å². The van der Waals surface area contributed by atoms with Crippen molar-refractivity contribution in [2.75, 3.05) is 18.6 Å². The maximum absolute atomic E-state index is 6.24. The highest BCUT2D eigenvalue weighted by atomic mass is 35.5. The summed E-state index contributed by atoms with van der Waals surface area (Å²) >= 11 is 12.5. The third-order valence-electron chi connectivity index (χ3n) is 5.26. The molecule has 156 valence electrons. The molecule has 0 aromatic carbocycles. The average molecular weight is 439 g/mol. The topological polar surface area (TPSA) is 102 Å². The summed E-state index contributed by atoms with van der Waals surface area (Å²) in [6.45, 7) is 6.71. The molecule has 1 saturated carbocycles. The fourth-order valence-corrected chi connectivity index (χ4v) is 3.98. The average Bonchev–Trinajstić information content (AvgIpc) is 3.51. The zero-order chi connectivity index (χ0) is 20.7. The van der Waals surface area contributed by atoms with Crippen LogP contribution in [0, 0.1) is 0 Å². The predicted molar refractivity (Wildman–Crippen MR) is 109 cm³/mol. The Morgan fingerprint density at radius 1 is 1.00 bits per heavy atom. The molecule has 0 amide bonds. The summed E-state index contributed by atoms with van der Waals surface area (Å²) in [5.74, 6) is 2.69. The number of hydrogen-bond acceptors (Lipinski definition) is 9. The number of halogens is 2. The SMILES string of the molecule is COC(C)c1nc(Cl)nc(N2CC(C)NC(C)C2c2nc(Cl)nc(C3CC3)n2)n1. The first kappa shape index (κ1) is 20.6. The third-order valence-corrected chi connectivity index (χ3v) is 5.60. The van der Waals surface area contributed by atoms with Gasteiger partial charge in [-0.1, -0.05) is 0 Å². The summed E-state index contributed by atoms with van der Waals surface area (Å²) in [5.41, 5.74) is 0. The first-order chi connectivity index (χ1) is 13.9. The molecule has 4 atom stereocenters. The van der Waals surface area contributed by atoms with Crippen molar-refractivity contribution in [3.8, 4) is 0 Å². The van der Waals surface area contributed by atoms with E-state index in [0.717, 1.165) is 18.7 Å². The van der Waals surface area contributed by atoms with Crippen molar-refractivity contribution in [3.63, 3.8) is 0 Å². The summed E-state index contributed by atoms with van der Waals surface area (Å²) in [4.78, 5) is 28.8. The molecule has 11 heteroatoms. The Kier molecular flexibility index (Phi) is 5.83. The fraction of sp³-hybridized carbons (Fsp3) is 0.667. The molecular formula is C18H24Cl2N8O. The van der Waals surface area contributed by atoms with Gasteiger partial charge in [0.2, 0.25) is 16.5 Å². The first-order valence-corrected chi connectivity index (χ1v) is 10.5. The molecule has 4 rings (SSSR count). The lowest BCUT2D eigenvalue weighted by Gasteiger charge is -2.42. The maximum Gasteiger partial charge on any atom is 0.230 e. The Labute approximate surface area is 179 Å². The van der Waals surface area contributed by atoms with Crippen LogP contribution in [-0.4, -0.2) is 55.6 Å². The zero-order valence-electron chi connectivity index (χ0n) is 16.8. The van der Waals surface area contributed by atoms with Crippen molar-refractivity contribution in [2.45, 2.75) is 63.8 Å². The predicted octanol–water partition coefficient (Wildman–Crippen LogP) is 2.88. The number of piperazine rings is 1. The molecule has 3 heterocycles. The molecule has 2 aromatic rings. The molecule has 1 saturated heterocycles. The largest absolute Gasteiger partial charge is 0.374 e. The van der Waals surface area contributed by atoms with Gasteiger partial charge >= 0.3 is 0 Å². The standard InChI is InChI=1S/C18H24Cl2N8O/c1-8-7-28(18-26-13(10(3)29-4)23-17(20)27-18)12(9(2)21-8)15-22-14(11-5-6-11)24-16(19)25-15/h8-12,21H,5-7H2,1-4H3. The minimum Gasteiger partial charge on any atom is -0.374 e. The molecule has 0 bridgehead atoms. The van der Waals surface area contributed by atoms with Crippen molar-refractivity contribution < 1.29 is 4.74 Å². The molecule has 0 spiro atoms. The van der Waals surface area contributed by atoms with E-state index in [1.807, 2.05) is 6.92 Å². The second-order valence-corrected chi connectivity index (χ2v) is 8.37. The Morgan fingerprint density at radius 2 is 1.69 bits per heavy atom. The number of nitrogens with one attached hydrogen (secondary N) is 1. The molecule has 2 aromatic heterocycles. The number of nitrogens with zero attached hydrogens (tertiary/aromatic N) is 7. The van der Waals surface area contributed by atoms with Crippen molar-refractivity contribution >= 4 is 29.2 Å². The van der Waals surface area contributed by atoms with Crippen LogP contribution >= 0.6 is 23.2 Å². The molecule has 1 N–H and O–H groups in total. The highest BCUT2D eigenvalue weighted by Crippen LogP contribution is 2.39. The van der Waals surface area contributed by atoms with E-state index in [9.17, 15) is 0 Å². The highest BCUT2D eigenvalue weighted by Gasteiger charge is 2.38. The summed E-state index contributed by atoms with van der Waals surface area (Å²) in [5, 5.41) is 3.90. The molecule has 2 aliphatic rings. The van der Waals surface area contributed by atoms with E-state index in [0.29, 0.717) is 30.1 Å². The van der Waals surface area contributed by atoms with E-state index in [1.165, 1.54) is 0 Å². The van der Waals surface area contributed by atoms with Gasteiger partial charge < -0.3 is 15.0 Å². The number of anilines is 1. The van der Waals surface area contributed by atoms with Crippen LogP contribution in [0.1, 0.15) is 69.1 Å². The number of hydrogen-bond donors (Lipinski definition) is 1. The van der Waals surface area contributed by atoms with E-state index in [2.05, 4.69) is 49.0 Å². The van der Waals surface area contributed by atoms with Crippen LogP contribution in [0.2, 0.25) is 10.6 Å². The molecule has 4 unspecified atom stereocenters. The number of rotatable bonds is 5. The van der Waals surface area contributed by atoms with Gasteiger partial charge in [0.15, 0.2) is 11.6 Å². The minimum atomic E-state index is -0.307. The van der Waals surface area contributed by atoms with Crippen LogP contribution < -0.4 is 10.2 Å². The zero-order valence-corrected chi connectivity index (χ0v) is 18.3. The van der Waals surface area contributed by atoms with Crippen molar-refractivity contribution in [3.05, 3.63) is 28.0 Å². The second-order valence-electron chi connectivity index (χ2n) is 7.69. The number of aromatic nitrogens is 6. The highest BCUT2D eigenvalue weighted by molar-refractivity contribution is 6.28. The molecule has 1 aliphatic heterocycles. The quantitative estimate of drug-likeness (QED) is 0.753. The van der Waals surface area contributed by atoms with Gasteiger partial charge in [-0.3, -0.25) is 0 Å². The van der Waals surface area contributed by atoms with E-state index in [4.69, 9.17) is 32.9 Å². The lowest BCUT2D eigenvalue weighted by Crippen LogP contribution is -2.57. The van der Waals surface area contributed by atoms with E-state index in [-0.39, 0.29) is 34.8 Å². The van der Waals surface area contributed by atoms with Crippen molar-refractivity contribution in [2.24, 2.45) is 0 Å². The fourth-order valence-electron chi connectivity index (χ4n) is 3.65. The summed E-state index contributed by atoms with van der Waals surface area (Å²) in [7, 11) is 1.60. The lowest BCUT2D eigenvalue weighted by atomic mass is 10.0. The summed E-state index contributed by atoms with van der Waals surface area (Å²) in [6.07, 6.45) is 1.86. The summed E-state index contributed by atoms with van der Waals surface area (Å²) < 4.78 is 5.36. The lowest BCUT2D eigenvalue weighted by molar-refractivity contribution is 0.112. The normalized spacial score (nSPS) is 25.9. The second kappa shape index (κ2) is 8.22. The number of methoxy groups -OCH3 is 1. The van der Waals surface area contributed by atoms with E-state index >= 15 is 0 Å². The van der Waals surface area contributed by atoms with Crippen LogP contribution in [0.25, 0.3) is 0 Å². The molecule has 2 fully saturated rings. The van der Waals surface area contributed by atoms with Gasteiger partial charge in [0.1, 0.15) is 18.0 Å². The van der Waals surface area contributed by atoms with Crippen molar-refractivity contribution in [1.29, 1.82) is 0 Å². The number of ether oxygens (including phenoxy) is 1. The molecule has 29 heavy (non-hydrogen) atoms. The molecular weight excluding hydrogens is 415 g/mol. The van der Waals surface area contributed by atoms with Crippen LogP contribution in [0.3, 0.4) is 0 Å². The van der Waals surface area contributed by atoms with Gasteiger partial charge in [0.25, 0.3) is 0 Å². The van der Waals surface area contributed by atoms with Crippen LogP contribution in [0.15, 0.2) is 0 Å². The van der Waals surface area contributed by atoms with Gasteiger partial charge in [-0.25, -0.2) is 15.0 Å². The molecule has 1 aliphatic carbocycles. The van der Waals surface area contributed by atoms with Gasteiger partial charge in [-0.15, -0.1) is 0 Å². The third kappa shape index (κ3) is 4.42. The molecule has 0 radical (unpaired) electrons. The van der Waals surface area contributed by atoms with Gasteiger partial charge in [0, 0.05) is 31.7 Å². The van der Waals surface area contributed by atoms with Crippen molar-refractivity contribution in [1.82, 2.24) is 35.2 Å². The van der Waals surface area contributed by atoms with Gasteiger partial charge in [0.05, 0.1) is 0 Å². The van der Waals surface area contributed by atoms with E-state index in [1.54, 1.807) is 7.11 Å². The van der Waals surface area contributed by atoms with Crippen LogP contribution in [0.4, 0.5) is 5.95 Å². The Balaban J connectivity index is 1.77. The van der Waals surface area contributed by atoms with Crippen LogP contribution in [-0.2, 0) is 4.74 Å². The van der Waals surface area contributed by atoms with E-state index < -0.39 is 0 Å². The maximum atomic E-state index is 6.24. The minimum absolute atomic E-state index is 0.0307. The monoisotopic (exact) mass is 438 g/mol. The smallest absolute Gasteiger partial charge is 0.230 e.